The van der Waals surface area contributed by atoms with Gasteiger partial charge in [0.05, 0.1) is 36.3 Å². The van der Waals surface area contributed by atoms with Gasteiger partial charge in [0, 0.05) is 28.1 Å². The molecule has 0 aliphatic carbocycles. The van der Waals surface area contributed by atoms with E-state index in [9.17, 15) is 14.9 Å². The van der Waals surface area contributed by atoms with Crippen LogP contribution in [-0.2, 0) is 0 Å². The molecule has 0 atom stereocenters. The zero-order valence-corrected chi connectivity index (χ0v) is 23.3. The van der Waals surface area contributed by atoms with Crippen LogP contribution in [0.1, 0.15) is 5.56 Å². The lowest BCUT2D eigenvalue weighted by Gasteiger charge is -2.14. The number of furan rings is 1. The van der Waals surface area contributed by atoms with Gasteiger partial charge < -0.3 is 18.6 Å². The first kappa shape index (κ1) is 27.4. The van der Waals surface area contributed by atoms with Crippen molar-refractivity contribution in [2.75, 3.05) is 14.2 Å². The van der Waals surface area contributed by atoms with Gasteiger partial charge in [-0.15, -0.1) is 0 Å². The Labute approximate surface area is 247 Å². The normalized spacial score (nSPS) is 11.3. The number of pyridine rings is 1. The summed E-state index contributed by atoms with van der Waals surface area (Å²) in [7, 11) is 2.88. The highest BCUT2D eigenvalue weighted by molar-refractivity contribution is 6.31. The molecule has 0 fully saturated rings. The maximum atomic E-state index is 13.6. The van der Waals surface area contributed by atoms with E-state index in [-0.39, 0.29) is 34.6 Å². The topological polar surface area (TPSA) is 144 Å². The van der Waals surface area contributed by atoms with Gasteiger partial charge in [-0.3, -0.25) is 14.9 Å². The summed E-state index contributed by atoms with van der Waals surface area (Å²) in [5.41, 5.74) is 0.975. The number of aromatic nitrogens is 3. The average Bonchev–Trinajstić information content (AvgIpc) is 3.44. The SMILES string of the molecule is COc1cc(C=Nn2c(-c3cc4cc(Cl)ccc4o3)nc3ccccc3c2=O)cc(OC)c1Oc1ccc([N+](=O)[O-])cn1. The standard InChI is InChI=1S/C30H20ClN5O7/c1-40-24-11-17(12-25(41-2)28(24)43-27-10-8-20(16-32-27)36(38)39)15-33-35-29(34-22-6-4-3-5-21(22)30(35)37)26-14-18-13-19(31)7-9-23(18)42-26/h3-16H,1-2H3. The maximum absolute atomic E-state index is 13.6. The quantitative estimate of drug-likeness (QED) is 0.110. The molecular weight excluding hydrogens is 578 g/mol. The number of hydrogen-bond donors (Lipinski definition) is 0. The Balaban J connectivity index is 1.43. The molecule has 6 aromatic rings. The van der Waals surface area contributed by atoms with Crippen LogP contribution < -0.4 is 19.8 Å². The van der Waals surface area contributed by atoms with E-state index in [1.165, 1.54) is 32.6 Å². The minimum atomic E-state index is -0.558. The summed E-state index contributed by atoms with van der Waals surface area (Å²) in [5, 5.41) is 17.1. The molecule has 12 nitrogen and oxygen atoms in total. The van der Waals surface area contributed by atoms with Crippen LogP contribution in [0.25, 0.3) is 33.5 Å². The number of nitrogens with zero attached hydrogens (tertiary/aromatic N) is 5. The minimum absolute atomic E-state index is 0.0918. The molecule has 0 spiro atoms. The molecule has 214 valence electrons. The summed E-state index contributed by atoms with van der Waals surface area (Å²) in [6, 6.07) is 19.8. The molecule has 43 heavy (non-hydrogen) atoms. The zero-order chi connectivity index (χ0) is 30.1. The highest BCUT2D eigenvalue weighted by Crippen LogP contribution is 2.41. The lowest BCUT2D eigenvalue weighted by molar-refractivity contribution is -0.385. The number of hydrogen-bond acceptors (Lipinski definition) is 10. The van der Waals surface area contributed by atoms with E-state index >= 15 is 0 Å². The summed E-state index contributed by atoms with van der Waals surface area (Å²) >= 11 is 6.16. The van der Waals surface area contributed by atoms with Gasteiger partial charge in [0.25, 0.3) is 11.2 Å². The smallest absolute Gasteiger partial charge is 0.287 e. The number of fused-ring (bicyclic) bond motifs is 2. The number of para-hydroxylation sites is 1. The van der Waals surface area contributed by atoms with Crippen LogP contribution in [0.5, 0.6) is 23.1 Å². The van der Waals surface area contributed by atoms with E-state index in [0.29, 0.717) is 32.8 Å². The van der Waals surface area contributed by atoms with E-state index in [4.69, 9.17) is 30.2 Å². The average molecular weight is 598 g/mol. The van der Waals surface area contributed by atoms with Gasteiger partial charge in [0.15, 0.2) is 17.3 Å². The fraction of sp³-hybridized carbons (Fsp3) is 0.0667. The summed E-state index contributed by atoms with van der Waals surface area (Å²) in [6.07, 6.45) is 2.53. The van der Waals surface area contributed by atoms with Gasteiger partial charge in [0.1, 0.15) is 11.8 Å². The van der Waals surface area contributed by atoms with Crippen molar-refractivity contribution >= 4 is 45.4 Å². The molecule has 0 radical (unpaired) electrons. The molecule has 0 saturated heterocycles. The van der Waals surface area contributed by atoms with E-state index in [2.05, 4.69) is 15.1 Å². The summed E-state index contributed by atoms with van der Waals surface area (Å²) in [5.74, 6) is 1.32. The predicted molar refractivity (Wildman–Crippen MR) is 160 cm³/mol. The second kappa shape index (κ2) is 11.3. The van der Waals surface area contributed by atoms with Crippen LogP contribution in [0.3, 0.4) is 0 Å². The molecule has 6 rings (SSSR count). The Morgan fingerprint density at radius 3 is 2.49 bits per heavy atom. The monoisotopic (exact) mass is 597 g/mol. The molecule has 0 aliphatic heterocycles. The number of nitro groups is 1. The second-order valence-electron chi connectivity index (χ2n) is 9.08. The van der Waals surface area contributed by atoms with Crippen LogP contribution in [0.4, 0.5) is 5.69 Å². The van der Waals surface area contributed by atoms with Crippen molar-refractivity contribution in [1.29, 1.82) is 0 Å². The molecule has 3 aromatic carbocycles. The highest BCUT2D eigenvalue weighted by Gasteiger charge is 2.19. The molecule has 0 saturated carbocycles. The Bertz CT molecular complexity index is 2080. The van der Waals surface area contributed by atoms with Gasteiger partial charge in [-0.25, -0.2) is 9.97 Å². The Hall–Kier alpha value is -5.75. The lowest BCUT2D eigenvalue weighted by atomic mass is 10.2. The van der Waals surface area contributed by atoms with E-state index in [0.717, 1.165) is 16.3 Å². The van der Waals surface area contributed by atoms with Crippen molar-refractivity contribution in [1.82, 2.24) is 14.6 Å². The maximum Gasteiger partial charge on any atom is 0.287 e. The molecule has 0 unspecified atom stereocenters. The number of ether oxygens (including phenoxy) is 3. The third-order valence-corrected chi connectivity index (χ3v) is 6.63. The van der Waals surface area contributed by atoms with Crippen LogP contribution in [0, 0.1) is 10.1 Å². The number of rotatable bonds is 8. The molecular formula is C30H20ClN5O7. The highest BCUT2D eigenvalue weighted by atomic mass is 35.5. The van der Waals surface area contributed by atoms with Gasteiger partial charge in [-0.1, -0.05) is 23.7 Å². The van der Waals surface area contributed by atoms with E-state index in [1.54, 1.807) is 60.7 Å². The van der Waals surface area contributed by atoms with Crippen molar-refractivity contribution in [2.24, 2.45) is 5.10 Å². The molecule has 0 bridgehead atoms. The largest absolute Gasteiger partial charge is 0.493 e. The summed E-state index contributed by atoms with van der Waals surface area (Å²) in [6.45, 7) is 0. The van der Waals surface area contributed by atoms with Crippen LogP contribution in [0.15, 0.2) is 93.3 Å². The Kier molecular flexibility index (Phi) is 7.18. The molecule has 3 heterocycles. The minimum Gasteiger partial charge on any atom is -0.493 e. The van der Waals surface area contributed by atoms with E-state index < -0.39 is 10.5 Å². The number of halogens is 1. The molecule has 0 amide bonds. The van der Waals surface area contributed by atoms with Crippen molar-refractivity contribution in [3.05, 3.63) is 110 Å². The third-order valence-electron chi connectivity index (χ3n) is 6.40. The van der Waals surface area contributed by atoms with Gasteiger partial charge in [-0.05, 0) is 48.5 Å². The molecule has 0 N–H and O–H groups in total. The second-order valence-corrected chi connectivity index (χ2v) is 9.51. The van der Waals surface area contributed by atoms with Gasteiger partial charge in [-0.2, -0.15) is 9.78 Å². The first-order valence-electron chi connectivity index (χ1n) is 12.6. The summed E-state index contributed by atoms with van der Waals surface area (Å²) < 4.78 is 24.1. The van der Waals surface area contributed by atoms with Gasteiger partial charge in [0.2, 0.25) is 17.5 Å². The van der Waals surface area contributed by atoms with E-state index in [1.807, 2.05) is 0 Å². The summed E-state index contributed by atoms with van der Waals surface area (Å²) in [4.78, 5) is 32.7. The third kappa shape index (κ3) is 5.34. The first-order chi connectivity index (χ1) is 20.8. The van der Waals surface area contributed by atoms with Crippen molar-refractivity contribution in [3.8, 4) is 34.7 Å². The molecule has 13 heteroatoms. The van der Waals surface area contributed by atoms with Crippen molar-refractivity contribution < 1.29 is 23.6 Å². The zero-order valence-electron chi connectivity index (χ0n) is 22.6. The van der Waals surface area contributed by atoms with Crippen LogP contribution >= 0.6 is 11.6 Å². The van der Waals surface area contributed by atoms with Crippen LogP contribution in [0.2, 0.25) is 5.02 Å². The molecule has 3 aromatic heterocycles. The van der Waals surface area contributed by atoms with Crippen LogP contribution in [-0.4, -0.2) is 40.0 Å². The molecule has 0 aliphatic rings. The van der Waals surface area contributed by atoms with Crippen molar-refractivity contribution in [2.45, 2.75) is 0 Å². The fourth-order valence-corrected chi connectivity index (χ4v) is 4.54. The number of methoxy groups -OCH3 is 2. The first-order valence-corrected chi connectivity index (χ1v) is 13.0. The fourth-order valence-electron chi connectivity index (χ4n) is 4.36. The predicted octanol–water partition coefficient (Wildman–Crippen LogP) is 6.46. The Morgan fingerprint density at radius 1 is 1.02 bits per heavy atom. The van der Waals surface area contributed by atoms with Gasteiger partial charge >= 0.3 is 0 Å². The lowest BCUT2D eigenvalue weighted by Crippen LogP contribution is -2.20. The Morgan fingerprint density at radius 2 is 1.79 bits per heavy atom. The number of benzene rings is 3. The van der Waals surface area contributed by atoms with Crippen molar-refractivity contribution in [3.63, 3.8) is 0 Å².